The summed E-state index contributed by atoms with van der Waals surface area (Å²) in [6.07, 6.45) is 0. The summed E-state index contributed by atoms with van der Waals surface area (Å²) in [6.45, 7) is 6.57. The van der Waals surface area contributed by atoms with Crippen LogP contribution in [-0.2, 0) is 0 Å². The quantitative estimate of drug-likeness (QED) is 0.870. The van der Waals surface area contributed by atoms with E-state index in [1.807, 2.05) is 7.05 Å². The molecule has 0 spiro atoms. The molecule has 0 saturated carbocycles. The SMILES string of the molecule is CNC(c1ccc(C)c(Br)c1)C(C)C. The van der Waals surface area contributed by atoms with E-state index in [1.54, 1.807) is 0 Å². The molecule has 0 bridgehead atoms. The average molecular weight is 256 g/mol. The summed E-state index contributed by atoms with van der Waals surface area (Å²) in [7, 11) is 2.01. The van der Waals surface area contributed by atoms with Crippen molar-refractivity contribution in [2.24, 2.45) is 5.92 Å². The van der Waals surface area contributed by atoms with Crippen molar-refractivity contribution in [3.8, 4) is 0 Å². The van der Waals surface area contributed by atoms with Crippen molar-refractivity contribution >= 4 is 15.9 Å². The van der Waals surface area contributed by atoms with Gasteiger partial charge in [0.25, 0.3) is 0 Å². The zero-order valence-corrected chi connectivity index (χ0v) is 10.9. The van der Waals surface area contributed by atoms with Crippen LogP contribution in [0.15, 0.2) is 22.7 Å². The van der Waals surface area contributed by atoms with Gasteiger partial charge in [0.1, 0.15) is 0 Å². The molecule has 1 atom stereocenters. The topological polar surface area (TPSA) is 12.0 Å². The lowest BCUT2D eigenvalue weighted by Crippen LogP contribution is -2.21. The maximum absolute atomic E-state index is 3.56. The van der Waals surface area contributed by atoms with Gasteiger partial charge in [-0.2, -0.15) is 0 Å². The fourth-order valence-electron chi connectivity index (χ4n) is 1.69. The molecule has 1 nitrogen and oxygen atoms in total. The molecule has 0 aliphatic rings. The third-order valence-corrected chi connectivity index (χ3v) is 3.39. The Morgan fingerprint density at radius 1 is 1.29 bits per heavy atom. The van der Waals surface area contributed by atoms with E-state index in [2.05, 4.69) is 60.2 Å². The minimum atomic E-state index is 0.437. The van der Waals surface area contributed by atoms with Gasteiger partial charge in [0.2, 0.25) is 0 Å². The summed E-state index contributed by atoms with van der Waals surface area (Å²) in [5.41, 5.74) is 2.63. The molecular weight excluding hydrogens is 238 g/mol. The van der Waals surface area contributed by atoms with Crippen LogP contribution in [0.3, 0.4) is 0 Å². The van der Waals surface area contributed by atoms with Crippen LogP contribution in [0.5, 0.6) is 0 Å². The molecule has 0 radical (unpaired) electrons. The lowest BCUT2D eigenvalue weighted by atomic mass is 9.96. The number of aryl methyl sites for hydroxylation is 1. The van der Waals surface area contributed by atoms with Crippen LogP contribution in [0.1, 0.15) is 31.0 Å². The molecule has 0 aliphatic heterocycles. The smallest absolute Gasteiger partial charge is 0.0341 e. The normalized spacial score (nSPS) is 13.3. The van der Waals surface area contributed by atoms with Crippen molar-refractivity contribution in [1.29, 1.82) is 0 Å². The summed E-state index contributed by atoms with van der Waals surface area (Å²) < 4.78 is 1.19. The van der Waals surface area contributed by atoms with Crippen molar-refractivity contribution in [2.45, 2.75) is 26.8 Å². The van der Waals surface area contributed by atoms with Gasteiger partial charge >= 0.3 is 0 Å². The van der Waals surface area contributed by atoms with Crippen molar-refractivity contribution in [2.75, 3.05) is 7.05 Å². The zero-order chi connectivity index (χ0) is 10.7. The highest BCUT2D eigenvalue weighted by Gasteiger charge is 2.13. The number of rotatable bonds is 3. The van der Waals surface area contributed by atoms with E-state index in [9.17, 15) is 0 Å². The third kappa shape index (κ3) is 2.58. The van der Waals surface area contributed by atoms with E-state index >= 15 is 0 Å². The van der Waals surface area contributed by atoms with E-state index in [-0.39, 0.29) is 0 Å². The van der Waals surface area contributed by atoms with Crippen LogP contribution < -0.4 is 5.32 Å². The number of halogens is 1. The monoisotopic (exact) mass is 255 g/mol. The van der Waals surface area contributed by atoms with Gasteiger partial charge < -0.3 is 5.32 Å². The summed E-state index contributed by atoms with van der Waals surface area (Å²) in [5.74, 6) is 0.606. The Balaban J connectivity index is 3.00. The lowest BCUT2D eigenvalue weighted by Gasteiger charge is -2.21. The van der Waals surface area contributed by atoms with E-state index < -0.39 is 0 Å². The standard InChI is InChI=1S/C12H18BrN/c1-8(2)12(14-4)10-6-5-9(3)11(13)7-10/h5-8,12,14H,1-4H3. The van der Waals surface area contributed by atoms with Crippen LogP contribution in [0.2, 0.25) is 0 Å². The Hall–Kier alpha value is -0.340. The Bertz CT molecular complexity index is 307. The highest BCUT2D eigenvalue weighted by molar-refractivity contribution is 9.10. The summed E-state index contributed by atoms with van der Waals surface area (Å²) >= 11 is 3.56. The predicted molar refractivity (Wildman–Crippen MR) is 65.5 cm³/mol. The fourth-order valence-corrected chi connectivity index (χ4v) is 2.08. The van der Waals surface area contributed by atoms with Crippen LogP contribution >= 0.6 is 15.9 Å². The Morgan fingerprint density at radius 3 is 2.36 bits per heavy atom. The molecule has 0 saturated heterocycles. The van der Waals surface area contributed by atoms with Gasteiger partial charge in [-0.05, 0) is 37.1 Å². The molecule has 0 fully saturated rings. The average Bonchev–Trinajstić information content (AvgIpc) is 2.11. The first-order chi connectivity index (χ1) is 6.56. The summed E-state index contributed by atoms with van der Waals surface area (Å²) in [5, 5.41) is 3.34. The fraction of sp³-hybridized carbons (Fsp3) is 0.500. The zero-order valence-electron chi connectivity index (χ0n) is 9.26. The van der Waals surface area contributed by atoms with Crippen LogP contribution in [-0.4, -0.2) is 7.05 Å². The van der Waals surface area contributed by atoms with Crippen LogP contribution in [0.25, 0.3) is 0 Å². The maximum atomic E-state index is 3.56. The highest BCUT2D eigenvalue weighted by Crippen LogP contribution is 2.25. The number of hydrogen-bond acceptors (Lipinski definition) is 1. The molecule has 0 aromatic heterocycles. The van der Waals surface area contributed by atoms with Crippen molar-refractivity contribution < 1.29 is 0 Å². The molecule has 78 valence electrons. The molecule has 0 heterocycles. The number of hydrogen-bond donors (Lipinski definition) is 1. The Morgan fingerprint density at radius 2 is 1.93 bits per heavy atom. The van der Waals surface area contributed by atoms with Crippen molar-refractivity contribution in [1.82, 2.24) is 5.32 Å². The summed E-state index contributed by atoms with van der Waals surface area (Å²) in [4.78, 5) is 0. The summed E-state index contributed by atoms with van der Waals surface area (Å²) in [6, 6.07) is 7.00. The molecule has 1 rings (SSSR count). The second kappa shape index (κ2) is 4.94. The number of benzene rings is 1. The van der Waals surface area contributed by atoms with Gasteiger partial charge in [-0.25, -0.2) is 0 Å². The van der Waals surface area contributed by atoms with Crippen LogP contribution in [0.4, 0.5) is 0 Å². The second-order valence-corrected chi connectivity index (χ2v) is 4.87. The van der Waals surface area contributed by atoms with Gasteiger partial charge in [0.15, 0.2) is 0 Å². The first-order valence-corrected chi connectivity index (χ1v) is 5.79. The van der Waals surface area contributed by atoms with Crippen LogP contribution in [0, 0.1) is 12.8 Å². The lowest BCUT2D eigenvalue weighted by molar-refractivity contribution is 0.443. The van der Waals surface area contributed by atoms with Gasteiger partial charge in [-0.1, -0.05) is 41.9 Å². The minimum Gasteiger partial charge on any atom is -0.313 e. The molecule has 1 N–H and O–H groups in total. The largest absolute Gasteiger partial charge is 0.313 e. The molecule has 1 aromatic carbocycles. The second-order valence-electron chi connectivity index (χ2n) is 4.02. The minimum absolute atomic E-state index is 0.437. The van der Waals surface area contributed by atoms with E-state index in [0.717, 1.165) is 0 Å². The third-order valence-electron chi connectivity index (χ3n) is 2.53. The van der Waals surface area contributed by atoms with Gasteiger partial charge in [-0.3, -0.25) is 0 Å². The van der Waals surface area contributed by atoms with E-state index in [4.69, 9.17) is 0 Å². The molecule has 1 unspecified atom stereocenters. The maximum Gasteiger partial charge on any atom is 0.0341 e. The van der Waals surface area contributed by atoms with Gasteiger partial charge in [-0.15, -0.1) is 0 Å². The van der Waals surface area contributed by atoms with Gasteiger partial charge in [0, 0.05) is 10.5 Å². The molecule has 0 amide bonds. The molecule has 2 heteroatoms. The van der Waals surface area contributed by atoms with E-state index in [0.29, 0.717) is 12.0 Å². The van der Waals surface area contributed by atoms with Crippen molar-refractivity contribution in [3.63, 3.8) is 0 Å². The highest BCUT2D eigenvalue weighted by atomic mass is 79.9. The molecule has 14 heavy (non-hydrogen) atoms. The predicted octanol–water partition coefficient (Wildman–Crippen LogP) is 3.67. The first-order valence-electron chi connectivity index (χ1n) is 4.99. The molecule has 1 aromatic rings. The molecular formula is C12H18BrN. The Labute approximate surface area is 95.0 Å². The first kappa shape index (κ1) is 11.7. The van der Waals surface area contributed by atoms with Crippen molar-refractivity contribution in [3.05, 3.63) is 33.8 Å². The van der Waals surface area contributed by atoms with E-state index in [1.165, 1.54) is 15.6 Å². The number of nitrogens with one attached hydrogen (secondary N) is 1. The Kier molecular flexibility index (Phi) is 4.14. The molecule has 0 aliphatic carbocycles. The van der Waals surface area contributed by atoms with Gasteiger partial charge in [0.05, 0.1) is 0 Å².